The van der Waals surface area contributed by atoms with Crippen molar-refractivity contribution in [3.63, 3.8) is 0 Å². The number of imide groups is 1. The third kappa shape index (κ3) is 7.56. The van der Waals surface area contributed by atoms with Crippen LogP contribution in [0.1, 0.15) is 39.2 Å². The van der Waals surface area contributed by atoms with Crippen LogP contribution in [0.15, 0.2) is 77.0 Å². The minimum Gasteiger partial charge on any atom is -0.369 e. The van der Waals surface area contributed by atoms with Gasteiger partial charge in [0.15, 0.2) is 23.1 Å². The van der Waals surface area contributed by atoms with Gasteiger partial charge in [-0.3, -0.25) is 34.2 Å². The zero-order chi connectivity index (χ0) is 43.2. The van der Waals surface area contributed by atoms with Gasteiger partial charge in [0.05, 0.1) is 18.3 Å². The average Bonchev–Trinajstić information content (AvgIpc) is 3.74. The lowest BCUT2D eigenvalue weighted by atomic mass is 9.95. The molecule has 2 aromatic carbocycles. The monoisotopic (exact) mass is 844 g/mol. The number of hydrogen-bond donors (Lipinski definition) is 2. The molecule has 322 valence electrons. The van der Waals surface area contributed by atoms with Crippen molar-refractivity contribution < 1.29 is 14.0 Å². The molecule has 0 atom stereocenters. The minimum absolute atomic E-state index is 0.167. The fourth-order valence-corrected chi connectivity index (χ4v) is 8.81. The van der Waals surface area contributed by atoms with Crippen LogP contribution in [0, 0.1) is 11.7 Å². The first-order valence-corrected chi connectivity index (χ1v) is 21.0. The van der Waals surface area contributed by atoms with Crippen molar-refractivity contribution in [2.45, 2.75) is 45.7 Å². The molecule has 62 heavy (non-hydrogen) atoms. The third-order valence-corrected chi connectivity index (χ3v) is 12.0. The van der Waals surface area contributed by atoms with E-state index < -0.39 is 6.03 Å². The van der Waals surface area contributed by atoms with Crippen LogP contribution in [-0.4, -0.2) is 108 Å². The standard InChI is InChI=1S/C43H49FN14O4/c1-5-17-56-41(61)32-25-45-42(48-39(32)58(56)34-12-13-36(60)57(49-34)27(2)3)46-29-6-8-30(9-7-29)53-23-21-52(22-24-53)26-28-14-18-54(19-15-28)33-11-10-31-38(37(33)44)51(4)50-40(31)55-20-16-35(59)47-43(55)62/h5-13,25,27-28H,1,14-24,26H2,2-4H3,(H,45,46,48)(H,47,59,62). The molecule has 3 saturated heterocycles. The molecule has 0 spiro atoms. The molecule has 9 rings (SSSR count). The molecule has 6 aromatic rings. The lowest BCUT2D eigenvalue weighted by Crippen LogP contribution is -2.49. The molecule has 7 heterocycles. The second kappa shape index (κ2) is 16.5. The molecule has 3 amide bonds. The van der Waals surface area contributed by atoms with Crippen LogP contribution >= 0.6 is 0 Å². The number of rotatable bonds is 11. The van der Waals surface area contributed by atoms with Crippen LogP contribution in [-0.2, 0) is 18.4 Å². The Morgan fingerprint density at radius 3 is 2.37 bits per heavy atom. The van der Waals surface area contributed by atoms with Crippen molar-refractivity contribution in [1.82, 2.24) is 49.1 Å². The Balaban J connectivity index is 0.799. The number of anilines is 5. The van der Waals surface area contributed by atoms with Crippen LogP contribution in [0.2, 0.25) is 0 Å². The molecule has 3 aliphatic heterocycles. The van der Waals surface area contributed by atoms with Gasteiger partial charge >= 0.3 is 6.03 Å². The highest BCUT2D eigenvalue weighted by Gasteiger charge is 2.31. The van der Waals surface area contributed by atoms with Crippen LogP contribution in [0.25, 0.3) is 27.8 Å². The average molecular weight is 845 g/mol. The highest BCUT2D eigenvalue weighted by atomic mass is 19.1. The van der Waals surface area contributed by atoms with Gasteiger partial charge in [-0.1, -0.05) is 6.08 Å². The van der Waals surface area contributed by atoms with Gasteiger partial charge < -0.3 is 15.1 Å². The Morgan fingerprint density at radius 2 is 1.66 bits per heavy atom. The molecule has 0 radical (unpaired) electrons. The number of piperidine rings is 1. The molecule has 0 aliphatic carbocycles. The van der Waals surface area contributed by atoms with Gasteiger partial charge in [0, 0.05) is 94.9 Å². The van der Waals surface area contributed by atoms with Crippen LogP contribution in [0.5, 0.6) is 0 Å². The summed E-state index contributed by atoms with van der Waals surface area (Å²) in [4.78, 5) is 67.6. The number of urea groups is 1. The van der Waals surface area contributed by atoms with E-state index in [1.807, 2.05) is 32.0 Å². The molecule has 4 aromatic heterocycles. The van der Waals surface area contributed by atoms with Crippen LogP contribution in [0.4, 0.5) is 38.0 Å². The number of aromatic nitrogens is 8. The summed E-state index contributed by atoms with van der Waals surface area (Å²) in [5.74, 6) is 0.869. The van der Waals surface area contributed by atoms with E-state index in [4.69, 9.17) is 4.98 Å². The number of hydrogen-bond acceptors (Lipinski definition) is 12. The van der Waals surface area contributed by atoms with Gasteiger partial charge in [-0.25, -0.2) is 28.2 Å². The molecule has 0 saturated carbocycles. The summed E-state index contributed by atoms with van der Waals surface area (Å²) in [6.45, 7) is 14.2. The van der Waals surface area contributed by atoms with Crippen LogP contribution < -0.4 is 36.5 Å². The number of piperazine rings is 1. The van der Waals surface area contributed by atoms with Gasteiger partial charge in [0.1, 0.15) is 10.9 Å². The number of amides is 3. The smallest absolute Gasteiger partial charge is 0.329 e. The van der Waals surface area contributed by atoms with Crippen molar-refractivity contribution in [2.24, 2.45) is 13.0 Å². The van der Waals surface area contributed by atoms with E-state index in [-0.39, 0.29) is 48.4 Å². The number of halogens is 1. The van der Waals surface area contributed by atoms with Crippen molar-refractivity contribution in [2.75, 3.05) is 72.4 Å². The first kappa shape index (κ1) is 40.5. The number of allylic oxidation sites excluding steroid dienone is 1. The van der Waals surface area contributed by atoms with E-state index in [0.717, 1.165) is 70.0 Å². The first-order chi connectivity index (χ1) is 30.0. The van der Waals surface area contributed by atoms with Gasteiger partial charge in [-0.15, -0.1) is 11.7 Å². The fraction of sp³-hybridized carbons (Fsp3) is 0.395. The number of carbonyl (C=O) groups excluding carboxylic acids is 2. The predicted molar refractivity (Wildman–Crippen MR) is 235 cm³/mol. The fourth-order valence-electron chi connectivity index (χ4n) is 8.81. The molecule has 3 aliphatic rings. The molecular weight excluding hydrogens is 796 g/mol. The quantitative estimate of drug-likeness (QED) is 0.179. The van der Waals surface area contributed by atoms with E-state index in [1.165, 1.54) is 31.2 Å². The number of benzene rings is 2. The van der Waals surface area contributed by atoms with Gasteiger partial charge in [0.25, 0.3) is 11.1 Å². The van der Waals surface area contributed by atoms with Gasteiger partial charge in [-0.05, 0) is 75.1 Å². The zero-order valence-electron chi connectivity index (χ0n) is 35.0. The maximum absolute atomic E-state index is 16.1. The summed E-state index contributed by atoms with van der Waals surface area (Å²) in [6.07, 6.45) is 5.21. The summed E-state index contributed by atoms with van der Waals surface area (Å²) >= 11 is 0. The number of nitrogens with zero attached hydrogens (tertiary/aromatic N) is 12. The van der Waals surface area contributed by atoms with E-state index in [2.05, 4.69) is 59.2 Å². The maximum atomic E-state index is 16.1. The second-order valence-electron chi connectivity index (χ2n) is 16.4. The number of nitrogens with one attached hydrogen (secondary N) is 2. The predicted octanol–water partition coefficient (Wildman–Crippen LogP) is 4.16. The first-order valence-electron chi connectivity index (χ1n) is 21.0. The largest absolute Gasteiger partial charge is 0.369 e. The Kier molecular flexibility index (Phi) is 10.8. The van der Waals surface area contributed by atoms with Crippen molar-refractivity contribution in [3.8, 4) is 5.82 Å². The topological polar surface area (TPSA) is 177 Å². The van der Waals surface area contributed by atoms with Crippen molar-refractivity contribution in [1.29, 1.82) is 0 Å². The lowest BCUT2D eigenvalue weighted by Gasteiger charge is -2.40. The molecule has 19 heteroatoms. The second-order valence-corrected chi connectivity index (χ2v) is 16.4. The minimum atomic E-state index is -0.545. The van der Waals surface area contributed by atoms with E-state index >= 15 is 4.39 Å². The highest BCUT2D eigenvalue weighted by Crippen LogP contribution is 2.35. The summed E-state index contributed by atoms with van der Waals surface area (Å²) in [6, 6.07) is 14.0. The van der Waals surface area contributed by atoms with Gasteiger partial charge in [0.2, 0.25) is 11.9 Å². The van der Waals surface area contributed by atoms with Crippen molar-refractivity contribution >= 4 is 62.7 Å². The summed E-state index contributed by atoms with van der Waals surface area (Å²) in [5.41, 5.74) is 2.62. The number of fused-ring (bicyclic) bond motifs is 2. The zero-order valence-corrected chi connectivity index (χ0v) is 35.0. The summed E-state index contributed by atoms with van der Waals surface area (Å²) in [7, 11) is 1.67. The van der Waals surface area contributed by atoms with E-state index in [1.54, 1.807) is 29.9 Å². The molecule has 3 fully saturated rings. The SMILES string of the molecule is C=CCn1c(=O)c2cnc(Nc3ccc(N4CCN(CC5CCN(c6ccc7c(N8CCC(=O)NC8=O)nn(C)c7c6F)CC5)CC4)cc3)nc2n1-c1ccc(=O)n(C(C)C)n1. The van der Waals surface area contributed by atoms with Gasteiger partial charge in [-0.2, -0.15) is 10.1 Å². The molecule has 2 N–H and O–H groups in total. The Labute approximate surface area is 355 Å². The normalized spacial score (nSPS) is 16.8. The molecule has 18 nitrogen and oxygen atoms in total. The van der Waals surface area contributed by atoms with Crippen molar-refractivity contribution in [3.05, 3.63) is 93.9 Å². The summed E-state index contributed by atoms with van der Waals surface area (Å²) < 4.78 is 22.0. The number of carbonyl (C=O) groups is 2. The Hall–Kier alpha value is -6.89. The summed E-state index contributed by atoms with van der Waals surface area (Å²) in [5, 5.41) is 15.5. The molecule has 0 unspecified atom stereocenters. The van der Waals surface area contributed by atoms with E-state index in [9.17, 15) is 19.2 Å². The Bertz CT molecular complexity index is 2810. The lowest BCUT2D eigenvalue weighted by molar-refractivity contribution is -0.120. The Morgan fingerprint density at radius 1 is 0.903 bits per heavy atom. The van der Waals surface area contributed by atoms with Crippen LogP contribution in [0.3, 0.4) is 0 Å². The molecule has 0 bridgehead atoms. The number of aryl methyl sites for hydroxylation is 1. The third-order valence-electron chi connectivity index (χ3n) is 12.0. The highest BCUT2D eigenvalue weighted by molar-refractivity contribution is 6.09. The maximum Gasteiger partial charge on any atom is 0.329 e. The molecular formula is C43H49FN14O4. The van der Waals surface area contributed by atoms with E-state index in [0.29, 0.717) is 51.1 Å².